The van der Waals surface area contributed by atoms with Crippen LogP contribution in [0.4, 0.5) is 10.5 Å². The summed E-state index contributed by atoms with van der Waals surface area (Å²) in [6, 6.07) is 3.03. The first-order chi connectivity index (χ1) is 13.8. The Kier molecular flexibility index (Phi) is 6.12. The quantitative estimate of drug-likeness (QED) is 0.615. The molecule has 1 atom stereocenters. The minimum atomic E-state index is -0.978. The van der Waals surface area contributed by atoms with E-state index in [0.717, 1.165) is 24.2 Å². The van der Waals surface area contributed by atoms with Gasteiger partial charge in [-0.25, -0.2) is 9.69 Å². The lowest BCUT2D eigenvalue weighted by molar-refractivity contribution is -0.136. The number of nitrogens with one attached hydrogen (secondary N) is 3. The number of anilines is 1. The van der Waals surface area contributed by atoms with Crippen LogP contribution in [-0.2, 0) is 9.59 Å². The molecule has 9 heteroatoms. The Morgan fingerprint density at radius 1 is 1.28 bits per heavy atom. The second-order valence-electron chi connectivity index (χ2n) is 7.51. The molecule has 1 saturated carbocycles. The third-order valence-corrected chi connectivity index (χ3v) is 5.75. The Bertz CT molecular complexity index is 851. The fraction of sp³-hybridized carbons (Fsp3) is 0.500. The van der Waals surface area contributed by atoms with E-state index in [-0.39, 0.29) is 16.8 Å². The molecule has 1 aliphatic carbocycles. The summed E-state index contributed by atoms with van der Waals surface area (Å²) < 4.78 is 0. The minimum Gasteiger partial charge on any atom is -0.352 e. The summed E-state index contributed by atoms with van der Waals surface area (Å²) in [5, 5.41) is 8.36. The Morgan fingerprint density at radius 3 is 2.59 bits per heavy atom. The summed E-state index contributed by atoms with van der Waals surface area (Å²) in [6.07, 6.45) is 3.74. The van der Waals surface area contributed by atoms with Gasteiger partial charge in [0.2, 0.25) is 5.91 Å². The van der Waals surface area contributed by atoms with Crippen LogP contribution in [0.25, 0.3) is 0 Å². The average Bonchev–Trinajstić information content (AvgIpc) is 3.24. The third-order valence-electron chi connectivity index (χ3n) is 5.43. The van der Waals surface area contributed by atoms with Gasteiger partial charge in [0.05, 0.1) is 10.6 Å². The van der Waals surface area contributed by atoms with Gasteiger partial charge in [-0.3, -0.25) is 14.4 Å². The van der Waals surface area contributed by atoms with Gasteiger partial charge in [0.25, 0.3) is 11.8 Å². The maximum absolute atomic E-state index is 12.8. The van der Waals surface area contributed by atoms with Crippen LogP contribution in [0, 0.1) is 0 Å². The zero-order valence-electron chi connectivity index (χ0n) is 16.5. The summed E-state index contributed by atoms with van der Waals surface area (Å²) in [5.74, 6) is -1.14. The largest absolute Gasteiger partial charge is 0.352 e. The van der Waals surface area contributed by atoms with Crippen molar-refractivity contribution in [2.45, 2.75) is 57.5 Å². The highest BCUT2D eigenvalue weighted by Crippen LogP contribution is 2.35. The van der Waals surface area contributed by atoms with Crippen LogP contribution < -0.4 is 16.0 Å². The second kappa shape index (κ2) is 8.41. The molecule has 3 N–H and O–H groups in total. The van der Waals surface area contributed by atoms with Crippen LogP contribution in [0.15, 0.2) is 18.2 Å². The maximum Gasteiger partial charge on any atom is 0.325 e. The van der Waals surface area contributed by atoms with E-state index in [9.17, 15) is 19.2 Å². The van der Waals surface area contributed by atoms with Gasteiger partial charge in [0, 0.05) is 12.2 Å². The first kappa shape index (κ1) is 21.1. The number of urea groups is 1. The normalized spacial score (nSPS) is 18.7. The summed E-state index contributed by atoms with van der Waals surface area (Å²) >= 11 is 6.18. The molecule has 1 heterocycles. The maximum atomic E-state index is 12.8. The SMILES string of the molecule is CCCNC(=O)c1ccc(NC(=O)C(C)N2C(=O)NC3(CCCC3)C2=O)cc1Cl. The lowest BCUT2D eigenvalue weighted by Gasteiger charge is -2.23. The first-order valence-electron chi connectivity index (χ1n) is 9.83. The highest BCUT2D eigenvalue weighted by Gasteiger charge is 2.54. The third kappa shape index (κ3) is 4.07. The molecular weight excluding hydrogens is 396 g/mol. The van der Waals surface area contributed by atoms with Crippen molar-refractivity contribution in [3.8, 4) is 0 Å². The highest BCUT2D eigenvalue weighted by molar-refractivity contribution is 6.34. The molecule has 1 aromatic rings. The fourth-order valence-electron chi connectivity index (χ4n) is 3.79. The van der Waals surface area contributed by atoms with Crippen LogP contribution in [0.5, 0.6) is 0 Å². The molecule has 0 aromatic heterocycles. The molecule has 2 fully saturated rings. The number of nitrogens with zero attached hydrogens (tertiary/aromatic N) is 1. The molecule has 1 aliphatic heterocycles. The van der Waals surface area contributed by atoms with Gasteiger partial charge in [-0.2, -0.15) is 0 Å². The Labute approximate surface area is 174 Å². The van der Waals surface area contributed by atoms with Crippen molar-refractivity contribution >= 4 is 41.0 Å². The van der Waals surface area contributed by atoms with Crippen molar-refractivity contribution in [3.63, 3.8) is 0 Å². The van der Waals surface area contributed by atoms with Gasteiger partial charge in [-0.15, -0.1) is 0 Å². The number of carbonyl (C=O) groups is 4. The van der Waals surface area contributed by atoms with Crippen LogP contribution in [-0.4, -0.2) is 46.8 Å². The zero-order valence-corrected chi connectivity index (χ0v) is 17.3. The van der Waals surface area contributed by atoms with Crippen molar-refractivity contribution < 1.29 is 19.2 Å². The number of rotatable bonds is 6. The van der Waals surface area contributed by atoms with Gasteiger partial charge in [-0.1, -0.05) is 31.4 Å². The molecule has 1 unspecified atom stereocenters. The lowest BCUT2D eigenvalue weighted by atomic mass is 9.97. The number of benzene rings is 1. The van der Waals surface area contributed by atoms with E-state index in [2.05, 4.69) is 16.0 Å². The molecule has 1 saturated heterocycles. The number of hydrogen-bond acceptors (Lipinski definition) is 4. The molecule has 156 valence electrons. The topological polar surface area (TPSA) is 108 Å². The van der Waals surface area contributed by atoms with Crippen LogP contribution in [0.2, 0.25) is 5.02 Å². The molecule has 2 aliphatic rings. The molecule has 8 nitrogen and oxygen atoms in total. The first-order valence-corrected chi connectivity index (χ1v) is 10.2. The van der Waals surface area contributed by atoms with Crippen molar-refractivity contribution in [2.24, 2.45) is 0 Å². The van der Waals surface area contributed by atoms with Crippen LogP contribution in [0.1, 0.15) is 56.3 Å². The lowest BCUT2D eigenvalue weighted by Crippen LogP contribution is -2.48. The van der Waals surface area contributed by atoms with E-state index >= 15 is 0 Å². The molecule has 5 amide bonds. The van der Waals surface area contributed by atoms with Crippen molar-refractivity contribution in [1.82, 2.24) is 15.5 Å². The Hall–Kier alpha value is -2.61. The van der Waals surface area contributed by atoms with Crippen molar-refractivity contribution in [2.75, 3.05) is 11.9 Å². The van der Waals surface area contributed by atoms with E-state index in [1.807, 2.05) is 6.92 Å². The second-order valence-corrected chi connectivity index (χ2v) is 7.92. The van der Waals surface area contributed by atoms with E-state index in [1.165, 1.54) is 19.1 Å². The zero-order chi connectivity index (χ0) is 21.2. The minimum absolute atomic E-state index is 0.198. The van der Waals surface area contributed by atoms with Crippen molar-refractivity contribution in [1.29, 1.82) is 0 Å². The summed E-state index contributed by atoms with van der Waals surface area (Å²) in [7, 11) is 0. The van der Waals surface area contributed by atoms with Crippen molar-refractivity contribution in [3.05, 3.63) is 28.8 Å². The molecule has 1 spiro atoms. The van der Waals surface area contributed by atoms with E-state index in [1.54, 1.807) is 6.07 Å². The van der Waals surface area contributed by atoms with Crippen LogP contribution in [0.3, 0.4) is 0 Å². The summed E-state index contributed by atoms with van der Waals surface area (Å²) in [5.41, 5.74) is -0.174. The van der Waals surface area contributed by atoms with Gasteiger partial charge < -0.3 is 16.0 Å². The Morgan fingerprint density at radius 2 is 1.97 bits per heavy atom. The molecule has 1 aromatic carbocycles. The average molecular weight is 421 g/mol. The molecule has 0 radical (unpaired) electrons. The number of carbonyl (C=O) groups excluding carboxylic acids is 4. The summed E-state index contributed by atoms with van der Waals surface area (Å²) in [4.78, 5) is 50.9. The summed E-state index contributed by atoms with van der Waals surface area (Å²) in [6.45, 7) is 4.00. The van der Waals surface area contributed by atoms with E-state index in [0.29, 0.717) is 30.6 Å². The van der Waals surface area contributed by atoms with Gasteiger partial charge in [0.15, 0.2) is 0 Å². The molecule has 29 heavy (non-hydrogen) atoms. The number of halogens is 1. The Balaban J connectivity index is 1.68. The van der Waals surface area contributed by atoms with Gasteiger partial charge in [-0.05, 0) is 44.4 Å². The van der Waals surface area contributed by atoms with E-state index in [4.69, 9.17) is 11.6 Å². The number of amides is 5. The predicted molar refractivity (Wildman–Crippen MR) is 109 cm³/mol. The number of imide groups is 1. The smallest absolute Gasteiger partial charge is 0.325 e. The molecular formula is C20H25ClN4O4. The van der Waals surface area contributed by atoms with Gasteiger partial charge >= 0.3 is 6.03 Å². The fourth-order valence-corrected chi connectivity index (χ4v) is 4.05. The van der Waals surface area contributed by atoms with E-state index < -0.39 is 23.5 Å². The number of hydrogen-bond donors (Lipinski definition) is 3. The molecule has 3 rings (SSSR count). The van der Waals surface area contributed by atoms with Crippen LogP contribution >= 0.6 is 11.6 Å². The standard InChI is InChI=1S/C20H25ClN4O4/c1-3-10-22-17(27)14-7-6-13(11-15(14)21)23-16(26)12(2)25-18(28)20(24-19(25)29)8-4-5-9-20/h6-7,11-12H,3-5,8-10H2,1-2H3,(H,22,27)(H,23,26)(H,24,29). The molecule has 0 bridgehead atoms. The predicted octanol–water partition coefficient (Wildman–Crippen LogP) is 2.67. The highest BCUT2D eigenvalue weighted by atomic mass is 35.5. The van der Waals surface area contributed by atoms with Gasteiger partial charge in [0.1, 0.15) is 11.6 Å². The monoisotopic (exact) mass is 420 g/mol.